The summed E-state index contributed by atoms with van der Waals surface area (Å²) in [6, 6.07) is 12.2. The molecule has 0 aromatic heterocycles. The number of aromatic hydroxyl groups is 1. The van der Waals surface area contributed by atoms with Gasteiger partial charge in [-0.1, -0.05) is 19.1 Å². The van der Waals surface area contributed by atoms with Gasteiger partial charge in [-0.3, -0.25) is 9.59 Å². The average molecular weight is 367 g/mol. The van der Waals surface area contributed by atoms with Gasteiger partial charge in [0.1, 0.15) is 17.3 Å². The van der Waals surface area contributed by atoms with Gasteiger partial charge >= 0.3 is 0 Å². The van der Waals surface area contributed by atoms with E-state index in [-0.39, 0.29) is 17.1 Å². The van der Waals surface area contributed by atoms with Gasteiger partial charge in [0, 0.05) is 12.1 Å². The van der Waals surface area contributed by atoms with Gasteiger partial charge in [-0.2, -0.15) is 0 Å². The quantitative estimate of drug-likeness (QED) is 0.481. The summed E-state index contributed by atoms with van der Waals surface area (Å²) < 4.78 is 5.11. The molecule has 6 heteroatoms. The number of ether oxygens (including phenoxy) is 1. The Balaban J connectivity index is 2.14. The van der Waals surface area contributed by atoms with Crippen LogP contribution in [0.3, 0.4) is 0 Å². The summed E-state index contributed by atoms with van der Waals surface area (Å²) >= 11 is 0. The number of Topliss-reactive ketones (excluding diaryl/α,β-unsaturated/α-hetero) is 1. The summed E-state index contributed by atoms with van der Waals surface area (Å²) in [5.74, 6) is -0.873. The number of amides is 1. The molecule has 1 unspecified atom stereocenters. The molecule has 1 heterocycles. The van der Waals surface area contributed by atoms with Gasteiger partial charge in [-0.05, 0) is 48.4 Å². The highest BCUT2D eigenvalue weighted by atomic mass is 16.5. The van der Waals surface area contributed by atoms with Crippen LogP contribution in [-0.4, -0.2) is 40.5 Å². The van der Waals surface area contributed by atoms with Crippen LogP contribution in [0.15, 0.2) is 54.1 Å². The minimum Gasteiger partial charge on any atom is -0.508 e. The highest BCUT2D eigenvalue weighted by Gasteiger charge is 2.45. The lowest BCUT2D eigenvalue weighted by Gasteiger charge is -2.24. The number of nitrogens with zero attached hydrogens (tertiary/aromatic N) is 1. The van der Waals surface area contributed by atoms with Crippen LogP contribution in [0.1, 0.15) is 30.5 Å². The summed E-state index contributed by atoms with van der Waals surface area (Å²) in [4.78, 5) is 26.7. The minimum absolute atomic E-state index is 0.0457. The number of phenols is 1. The van der Waals surface area contributed by atoms with Crippen molar-refractivity contribution in [1.82, 2.24) is 4.90 Å². The highest BCUT2D eigenvalue weighted by molar-refractivity contribution is 6.46. The van der Waals surface area contributed by atoms with Gasteiger partial charge in [0.05, 0.1) is 18.7 Å². The molecule has 6 nitrogen and oxygen atoms in total. The molecule has 0 spiro atoms. The van der Waals surface area contributed by atoms with Gasteiger partial charge < -0.3 is 19.8 Å². The Bertz CT molecular complexity index is 884. The molecule has 1 saturated heterocycles. The van der Waals surface area contributed by atoms with Crippen LogP contribution in [-0.2, 0) is 9.59 Å². The van der Waals surface area contributed by atoms with E-state index in [9.17, 15) is 19.8 Å². The number of ketones is 1. The predicted octanol–water partition coefficient (Wildman–Crippen LogP) is 3.23. The minimum atomic E-state index is -0.713. The predicted molar refractivity (Wildman–Crippen MR) is 100 cm³/mol. The fourth-order valence-electron chi connectivity index (χ4n) is 3.26. The summed E-state index contributed by atoms with van der Waals surface area (Å²) in [6.45, 7) is 2.30. The number of rotatable bonds is 5. The maximum atomic E-state index is 12.7. The number of carbonyl (C=O) groups is 2. The molecule has 1 aliphatic heterocycles. The summed E-state index contributed by atoms with van der Waals surface area (Å²) in [7, 11) is 1.54. The van der Waals surface area contributed by atoms with Gasteiger partial charge in [0.2, 0.25) is 0 Å². The second kappa shape index (κ2) is 7.53. The van der Waals surface area contributed by atoms with Crippen molar-refractivity contribution in [2.24, 2.45) is 0 Å². The second-order valence-electron chi connectivity index (χ2n) is 6.31. The molecule has 27 heavy (non-hydrogen) atoms. The third-order valence-corrected chi connectivity index (χ3v) is 4.58. The van der Waals surface area contributed by atoms with Gasteiger partial charge in [0.25, 0.3) is 11.7 Å². The van der Waals surface area contributed by atoms with E-state index in [0.29, 0.717) is 29.8 Å². The van der Waals surface area contributed by atoms with Crippen molar-refractivity contribution in [2.75, 3.05) is 13.7 Å². The largest absolute Gasteiger partial charge is 0.508 e. The SMILES string of the molecule is CCCN1C(=O)C(=O)/C(=C(\O)c2ccc(OC)cc2)C1c1ccc(O)cc1. The first-order valence-corrected chi connectivity index (χ1v) is 8.69. The van der Waals surface area contributed by atoms with E-state index in [1.807, 2.05) is 6.92 Å². The zero-order valence-electron chi connectivity index (χ0n) is 15.2. The Morgan fingerprint density at radius 2 is 1.70 bits per heavy atom. The lowest BCUT2D eigenvalue weighted by molar-refractivity contribution is -0.139. The molecule has 2 aromatic rings. The smallest absolute Gasteiger partial charge is 0.295 e. The zero-order chi connectivity index (χ0) is 19.6. The van der Waals surface area contributed by atoms with Crippen molar-refractivity contribution in [3.8, 4) is 11.5 Å². The van der Waals surface area contributed by atoms with Gasteiger partial charge in [0.15, 0.2) is 0 Å². The number of carbonyl (C=O) groups excluding carboxylic acids is 2. The molecular formula is C21H21NO5. The molecule has 2 aromatic carbocycles. The first kappa shape index (κ1) is 18.5. The summed E-state index contributed by atoms with van der Waals surface area (Å²) in [5, 5.41) is 20.4. The zero-order valence-corrected chi connectivity index (χ0v) is 15.2. The van der Waals surface area contributed by atoms with Crippen LogP contribution in [0.5, 0.6) is 11.5 Å². The number of methoxy groups -OCH3 is 1. The van der Waals surface area contributed by atoms with E-state index in [2.05, 4.69) is 0 Å². The topological polar surface area (TPSA) is 87.1 Å². The first-order chi connectivity index (χ1) is 13.0. The van der Waals surface area contributed by atoms with Crippen molar-refractivity contribution in [3.63, 3.8) is 0 Å². The third-order valence-electron chi connectivity index (χ3n) is 4.58. The second-order valence-corrected chi connectivity index (χ2v) is 6.31. The van der Waals surface area contributed by atoms with Gasteiger partial charge in [-0.15, -0.1) is 0 Å². The fourth-order valence-corrected chi connectivity index (χ4v) is 3.26. The summed E-state index contributed by atoms with van der Waals surface area (Å²) in [5.41, 5.74) is 1.12. The van der Waals surface area contributed by atoms with Crippen LogP contribution < -0.4 is 4.74 Å². The van der Waals surface area contributed by atoms with E-state index in [1.165, 1.54) is 24.1 Å². The fraction of sp³-hybridized carbons (Fsp3) is 0.238. The maximum absolute atomic E-state index is 12.7. The molecule has 0 radical (unpaired) electrons. The van der Waals surface area contributed by atoms with Crippen LogP contribution in [0, 0.1) is 0 Å². The Hall–Kier alpha value is -3.28. The lowest BCUT2D eigenvalue weighted by Crippen LogP contribution is -2.30. The normalized spacial score (nSPS) is 18.7. The monoisotopic (exact) mass is 367 g/mol. The van der Waals surface area contributed by atoms with Gasteiger partial charge in [-0.25, -0.2) is 0 Å². The van der Waals surface area contributed by atoms with Crippen molar-refractivity contribution < 1.29 is 24.5 Å². The highest BCUT2D eigenvalue weighted by Crippen LogP contribution is 2.39. The number of hydrogen-bond acceptors (Lipinski definition) is 5. The standard InChI is InChI=1S/C21H21NO5/c1-3-12-22-18(13-4-8-15(23)9-5-13)17(20(25)21(22)26)19(24)14-6-10-16(27-2)11-7-14/h4-11,18,23-24H,3,12H2,1-2H3/b19-17-. The Morgan fingerprint density at radius 3 is 2.26 bits per heavy atom. The van der Waals surface area contributed by atoms with Crippen LogP contribution >= 0.6 is 0 Å². The molecule has 0 aliphatic carbocycles. The number of likely N-dealkylation sites (tertiary alicyclic amines) is 1. The molecule has 1 atom stereocenters. The molecular weight excluding hydrogens is 346 g/mol. The number of aliphatic hydroxyl groups excluding tert-OH is 1. The van der Waals surface area contributed by atoms with Crippen molar-refractivity contribution in [3.05, 3.63) is 65.2 Å². The van der Waals surface area contributed by atoms with Crippen LogP contribution in [0.4, 0.5) is 0 Å². The number of aliphatic hydroxyl groups is 1. The molecule has 3 rings (SSSR count). The first-order valence-electron chi connectivity index (χ1n) is 8.69. The number of hydrogen-bond donors (Lipinski definition) is 2. The Labute approximate surface area is 157 Å². The molecule has 1 amide bonds. The number of phenolic OH excluding ortho intramolecular Hbond substituents is 1. The number of benzene rings is 2. The molecule has 2 N–H and O–H groups in total. The van der Waals surface area contributed by atoms with E-state index in [4.69, 9.17) is 4.74 Å². The lowest BCUT2D eigenvalue weighted by atomic mass is 9.95. The Morgan fingerprint density at radius 1 is 1.07 bits per heavy atom. The molecule has 0 bridgehead atoms. The van der Waals surface area contributed by atoms with Crippen molar-refractivity contribution in [1.29, 1.82) is 0 Å². The Kier molecular flexibility index (Phi) is 5.16. The molecule has 140 valence electrons. The molecule has 0 saturated carbocycles. The maximum Gasteiger partial charge on any atom is 0.295 e. The molecule has 1 aliphatic rings. The van der Waals surface area contributed by atoms with E-state index >= 15 is 0 Å². The van der Waals surface area contributed by atoms with Crippen molar-refractivity contribution in [2.45, 2.75) is 19.4 Å². The van der Waals surface area contributed by atoms with E-state index in [1.54, 1.807) is 36.4 Å². The van der Waals surface area contributed by atoms with E-state index < -0.39 is 17.7 Å². The summed E-state index contributed by atoms with van der Waals surface area (Å²) in [6.07, 6.45) is 0.671. The molecule has 1 fully saturated rings. The van der Waals surface area contributed by atoms with Crippen LogP contribution in [0.25, 0.3) is 5.76 Å². The van der Waals surface area contributed by atoms with Crippen LogP contribution in [0.2, 0.25) is 0 Å². The van der Waals surface area contributed by atoms with Crippen molar-refractivity contribution >= 4 is 17.4 Å². The average Bonchev–Trinajstić information content (AvgIpc) is 2.93. The van der Waals surface area contributed by atoms with E-state index in [0.717, 1.165) is 0 Å². The third kappa shape index (κ3) is 3.38.